The van der Waals surface area contributed by atoms with Crippen molar-refractivity contribution in [2.45, 2.75) is 88.3 Å². The number of amides is 3. The Hall–Kier alpha value is -4.99. The number of aryl methyl sites for hydroxylation is 1. The topological polar surface area (TPSA) is 279 Å². The first-order valence-electron chi connectivity index (χ1n) is 21.8. The van der Waals surface area contributed by atoms with E-state index in [2.05, 4.69) is 9.63 Å². The van der Waals surface area contributed by atoms with Crippen molar-refractivity contribution >= 4 is 56.6 Å². The Morgan fingerprint density at radius 3 is 2.38 bits per heavy atom. The highest BCUT2D eigenvalue weighted by Crippen LogP contribution is 2.72. The number of Topliss-reactive ketones (excluding diaryl/α,β-unsaturated/α-hetero) is 1. The highest BCUT2D eigenvalue weighted by molar-refractivity contribution is 7.61. The molecule has 12 atom stereocenters. The van der Waals surface area contributed by atoms with Crippen molar-refractivity contribution in [3.63, 3.8) is 0 Å². The van der Waals surface area contributed by atoms with Gasteiger partial charge in [-0.05, 0) is 92.5 Å². The molecule has 2 heterocycles. The van der Waals surface area contributed by atoms with Gasteiger partial charge in [0.15, 0.2) is 29.1 Å². The predicted molar refractivity (Wildman–Crippen MR) is 230 cm³/mol. The maximum Gasteiger partial charge on any atom is 0.481 e. The van der Waals surface area contributed by atoms with Crippen molar-refractivity contribution in [3.05, 3.63) is 101 Å². The van der Waals surface area contributed by atoms with Crippen LogP contribution < -0.4 is 10.2 Å². The number of anilines is 1. The summed E-state index contributed by atoms with van der Waals surface area (Å²) in [6, 6.07) is 8.82. The van der Waals surface area contributed by atoms with Gasteiger partial charge in [0, 0.05) is 47.4 Å². The molecule has 8 rings (SSSR count). The number of halogens is 3. The van der Waals surface area contributed by atoms with Crippen LogP contribution in [0.1, 0.15) is 73.7 Å². The second-order valence-electron chi connectivity index (χ2n) is 18.2. The number of ether oxygens (including phenoxy) is 2. The minimum atomic E-state index is -5.70. The number of rotatable bonds is 16. The molecule has 370 valence electrons. The molecule has 2 aliphatic heterocycles. The fourth-order valence-electron chi connectivity index (χ4n) is 11.3. The largest absolute Gasteiger partial charge is 0.481 e. The molecular formula is C45H47F3N2O17P2. The standard InChI is InChI=1S/C45H47F3N2O17P2/c1-42-15-14-28(51)20-32(42)33(47)10-9-30-31-21-36-45(43(31,2)22-34(52)44(30,42)48,66-41(65-36)25-4-3-5-26(46)18-25)35(53)23-64-69(61,62)67-68(59,60)63-17-16-49-37(54)11-7-24-6-8-27(19-29(24)40(57)58)50-38(55)12-13-39(50)56/h3-6,8,12-15,18-20,30-31,33-34,36,41,52H,7,9-11,16-17,21-23H2,1-2H3,(H,49,54)(H,57,58)(H,59,60)(H,61,62)/t30-,31+,33+,34+,36-,41-,42+,43+,44+,45-/m1/s1. The van der Waals surface area contributed by atoms with Crippen LogP contribution in [0.25, 0.3) is 0 Å². The van der Waals surface area contributed by atoms with Gasteiger partial charge in [-0.15, -0.1) is 0 Å². The Balaban J connectivity index is 0.920. The van der Waals surface area contributed by atoms with Gasteiger partial charge in [-0.2, -0.15) is 4.31 Å². The second kappa shape index (κ2) is 18.3. The maximum atomic E-state index is 18.1. The number of nitrogens with zero attached hydrogens (tertiary/aromatic N) is 1. The highest BCUT2D eigenvalue weighted by atomic mass is 31.3. The van der Waals surface area contributed by atoms with Crippen LogP contribution in [0.2, 0.25) is 0 Å². The first-order valence-corrected chi connectivity index (χ1v) is 24.8. The van der Waals surface area contributed by atoms with Gasteiger partial charge in [0.05, 0.1) is 30.1 Å². The summed E-state index contributed by atoms with van der Waals surface area (Å²) in [5, 5.41) is 24.0. The maximum absolute atomic E-state index is 18.1. The number of allylic oxidation sites excluding steroid dienone is 4. The molecule has 0 spiro atoms. The molecule has 0 aromatic heterocycles. The van der Waals surface area contributed by atoms with E-state index >= 15 is 8.78 Å². The molecule has 3 saturated carbocycles. The zero-order valence-corrected chi connectivity index (χ0v) is 38.6. The monoisotopic (exact) mass is 1010 g/mol. The summed E-state index contributed by atoms with van der Waals surface area (Å²) in [5.74, 6) is -7.80. The van der Waals surface area contributed by atoms with Crippen molar-refractivity contribution in [3.8, 4) is 0 Å². The SMILES string of the molecule is C[C@]12C=CC(=O)C=C1[C@@H](F)CC[C@@H]1[C@@H]3C[C@H]4O[C@@H](c5cccc(F)c5)O[C@@]4(C(=O)COP(=O)(O)OP(=O)(O)OCCNC(=O)CCc4ccc(N5C(=O)C=CC5=O)cc4C(=O)O)[C@@]3(C)C[C@H](O)[C@@]12F. The molecule has 4 aliphatic carbocycles. The van der Waals surface area contributed by atoms with E-state index in [0.29, 0.717) is 0 Å². The Kier molecular flexibility index (Phi) is 13.4. The number of aliphatic hydroxyl groups excluding tert-OH is 1. The lowest BCUT2D eigenvalue weighted by Crippen LogP contribution is -2.68. The van der Waals surface area contributed by atoms with E-state index in [4.69, 9.17) is 18.5 Å². The van der Waals surface area contributed by atoms with Gasteiger partial charge in [-0.1, -0.05) is 31.2 Å². The average molecular weight is 1010 g/mol. The molecule has 4 fully saturated rings. The first-order chi connectivity index (χ1) is 32.4. The molecule has 19 nitrogen and oxygen atoms in total. The van der Waals surface area contributed by atoms with Crippen LogP contribution in [0.15, 0.2) is 78.4 Å². The molecule has 24 heteroatoms. The van der Waals surface area contributed by atoms with Crippen molar-refractivity contribution < 1.29 is 93.9 Å². The summed E-state index contributed by atoms with van der Waals surface area (Å²) in [4.78, 5) is 97.3. The number of hydrogen-bond acceptors (Lipinski definition) is 14. The van der Waals surface area contributed by atoms with E-state index < -0.39 is 142 Å². The van der Waals surface area contributed by atoms with Gasteiger partial charge >= 0.3 is 21.6 Å². The Morgan fingerprint density at radius 1 is 0.971 bits per heavy atom. The third-order valence-corrected chi connectivity index (χ3v) is 17.0. The molecule has 1 saturated heterocycles. The number of aliphatic hydroxyl groups is 1. The number of alkyl halides is 2. The number of carbonyl (C=O) groups is 6. The third-order valence-electron chi connectivity index (χ3n) is 14.4. The number of carboxylic acid groups (broad SMARTS) is 1. The highest BCUT2D eigenvalue weighted by Gasteiger charge is 2.79. The molecule has 69 heavy (non-hydrogen) atoms. The number of ketones is 2. The van der Waals surface area contributed by atoms with Gasteiger partial charge in [0.25, 0.3) is 11.8 Å². The number of carboxylic acids is 1. The fourth-order valence-corrected chi connectivity index (χ4v) is 13.4. The number of carbonyl (C=O) groups excluding carboxylic acids is 5. The fraction of sp³-hybridized carbons (Fsp3) is 0.467. The molecule has 2 unspecified atom stereocenters. The molecule has 2 aromatic carbocycles. The van der Waals surface area contributed by atoms with Crippen LogP contribution in [0.5, 0.6) is 0 Å². The van der Waals surface area contributed by atoms with Crippen LogP contribution in [-0.4, -0.2) is 105 Å². The van der Waals surface area contributed by atoms with Crippen LogP contribution >= 0.6 is 15.6 Å². The summed E-state index contributed by atoms with van der Waals surface area (Å²) in [6.45, 7) is 0.340. The summed E-state index contributed by atoms with van der Waals surface area (Å²) in [5.41, 5.74) is -8.28. The first kappa shape index (κ1) is 50.4. The van der Waals surface area contributed by atoms with E-state index in [1.807, 2.05) is 0 Å². The molecule has 5 N–H and O–H groups in total. The number of benzene rings is 2. The smallest absolute Gasteiger partial charge is 0.478 e. The zero-order chi connectivity index (χ0) is 50.1. The molecule has 6 aliphatic rings. The lowest BCUT2D eigenvalue weighted by molar-refractivity contribution is -0.225. The van der Waals surface area contributed by atoms with Gasteiger partial charge in [0.2, 0.25) is 5.91 Å². The quantitative estimate of drug-likeness (QED) is 0.0841. The summed E-state index contributed by atoms with van der Waals surface area (Å²) >= 11 is 0. The molecular weight excluding hydrogens is 959 g/mol. The van der Waals surface area contributed by atoms with E-state index in [1.54, 1.807) is 0 Å². The van der Waals surface area contributed by atoms with Crippen molar-refractivity contribution in [2.75, 3.05) is 24.7 Å². The van der Waals surface area contributed by atoms with Crippen LogP contribution in [0, 0.1) is 28.5 Å². The Morgan fingerprint density at radius 2 is 1.68 bits per heavy atom. The van der Waals surface area contributed by atoms with Gasteiger partial charge < -0.3 is 34.8 Å². The number of phosphoric acid groups is 2. The number of imide groups is 1. The average Bonchev–Trinajstić information content (AvgIpc) is 3.90. The number of fused-ring (bicyclic) bond motifs is 7. The second-order valence-corrected chi connectivity index (χ2v) is 21.2. The van der Waals surface area contributed by atoms with Crippen LogP contribution in [0.4, 0.5) is 18.9 Å². The minimum Gasteiger partial charge on any atom is -0.478 e. The van der Waals surface area contributed by atoms with E-state index in [0.717, 1.165) is 47.4 Å². The minimum absolute atomic E-state index is 0.00914. The lowest BCUT2D eigenvalue weighted by Gasteiger charge is -2.59. The molecule has 0 radical (unpaired) electrons. The normalized spacial score (nSPS) is 34.2. The summed E-state index contributed by atoms with van der Waals surface area (Å²) in [6.07, 6.45) is -2.37. The van der Waals surface area contributed by atoms with Gasteiger partial charge in [-0.25, -0.2) is 32.0 Å². The van der Waals surface area contributed by atoms with E-state index in [-0.39, 0.29) is 60.1 Å². The van der Waals surface area contributed by atoms with E-state index in [9.17, 15) is 62.3 Å². The van der Waals surface area contributed by atoms with Crippen molar-refractivity contribution in [1.29, 1.82) is 0 Å². The molecule has 0 bridgehead atoms. The lowest BCUT2D eigenvalue weighted by atomic mass is 9.48. The number of nitrogens with one attached hydrogen (secondary N) is 1. The Bertz CT molecular complexity index is 2700. The van der Waals surface area contributed by atoms with Crippen LogP contribution in [0.3, 0.4) is 0 Å². The van der Waals surface area contributed by atoms with E-state index in [1.165, 1.54) is 44.2 Å². The van der Waals surface area contributed by atoms with Gasteiger partial charge in [-0.3, -0.25) is 33.0 Å². The van der Waals surface area contributed by atoms with Crippen LogP contribution in [-0.2, 0) is 62.4 Å². The van der Waals surface area contributed by atoms with Gasteiger partial charge in [0.1, 0.15) is 18.6 Å². The van der Waals surface area contributed by atoms with Crippen molar-refractivity contribution in [2.24, 2.45) is 22.7 Å². The summed E-state index contributed by atoms with van der Waals surface area (Å²) in [7, 11) is -11.2. The molecule has 2 aromatic rings. The Labute approximate surface area is 391 Å². The zero-order valence-electron chi connectivity index (χ0n) is 36.8. The molecule has 3 amide bonds. The third kappa shape index (κ3) is 8.83. The van der Waals surface area contributed by atoms with Crippen molar-refractivity contribution in [1.82, 2.24) is 5.32 Å². The predicted octanol–water partition coefficient (Wildman–Crippen LogP) is 4.99. The number of hydrogen-bond donors (Lipinski definition) is 5. The number of aromatic carboxylic acids is 1. The summed E-state index contributed by atoms with van der Waals surface area (Å²) < 4.78 is 101. The number of phosphoric ester groups is 2.